The van der Waals surface area contributed by atoms with Crippen molar-refractivity contribution < 1.29 is 9.53 Å². The van der Waals surface area contributed by atoms with Crippen LogP contribution in [0.1, 0.15) is 61.4 Å². The smallest absolute Gasteiger partial charge is 0.231 e. The van der Waals surface area contributed by atoms with Crippen LogP contribution in [-0.4, -0.2) is 27.8 Å². The second-order valence-electron chi connectivity index (χ2n) is 7.82. The maximum atomic E-state index is 13.2. The van der Waals surface area contributed by atoms with Crippen LogP contribution in [0.25, 0.3) is 0 Å². The number of unbranched alkanes of at least 4 members (excludes halogenated alkanes) is 1. The summed E-state index contributed by atoms with van der Waals surface area (Å²) in [7, 11) is 1.66. The van der Waals surface area contributed by atoms with Crippen molar-refractivity contribution in [3.05, 3.63) is 71.5 Å². The number of hydrogen-bond donors (Lipinski definition) is 0. The molecule has 0 radical (unpaired) electrons. The molecule has 0 N–H and O–H groups in total. The highest BCUT2D eigenvalue weighted by Crippen LogP contribution is 2.42. The fourth-order valence-corrected chi connectivity index (χ4v) is 4.10. The summed E-state index contributed by atoms with van der Waals surface area (Å²) in [5, 5.41) is 4.50. The van der Waals surface area contributed by atoms with Gasteiger partial charge < -0.3 is 4.74 Å². The van der Waals surface area contributed by atoms with Crippen molar-refractivity contribution in [3.63, 3.8) is 0 Å². The number of aryl methyl sites for hydroxylation is 1. The zero-order valence-electron chi connectivity index (χ0n) is 17.8. The lowest BCUT2D eigenvalue weighted by molar-refractivity contribution is -0.119. The molecule has 1 aliphatic heterocycles. The van der Waals surface area contributed by atoms with Gasteiger partial charge in [0.1, 0.15) is 12.1 Å². The summed E-state index contributed by atoms with van der Waals surface area (Å²) in [4.78, 5) is 19.6. The Hall–Kier alpha value is -3.15. The first kappa shape index (κ1) is 20.1. The minimum absolute atomic E-state index is 0.0189. The largest absolute Gasteiger partial charge is 0.497 e. The fraction of sp³-hybridized carbons (Fsp3) is 0.375. The Bertz CT molecular complexity index is 995. The number of methoxy groups -OCH3 is 1. The summed E-state index contributed by atoms with van der Waals surface area (Å²) in [6.07, 6.45) is 4.63. The number of rotatable bonds is 6. The van der Waals surface area contributed by atoms with Gasteiger partial charge in [-0.1, -0.05) is 55.3 Å². The van der Waals surface area contributed by atoms with Crippen molar-refractivity contribution in [1.82, 2.24) is 14.8 Å². The SMILES string of the molecule is CCCCC(=O)N1c2ncnn2C(c2ccc(C)cc2)CC1c1ccc(OC)cc1. The second kappa shape index (κ2) is 8.69. The van der Waals surface area contributed by atoms with Crippen LogP contribution in [-0.2, 0) is 4.79 Å². The fourth-order valence-electron chi connectivity index (χ4n) is 4.10. The Morgan fingerprint density at radius 3 is 2.40 bits per heavy atom. The van der Waals surface area contributed by atoms with E-state index in [9.17, 15) is 4.79 Å². The van der Waals surface area contributed by atoms with Crippen molar-refractivity contribution in [1.29, 1.82) is 0 Å². The Balaban J connectivity index is 1.78. The van der Waals surface area contributed by atoms with Crippen LogP contribution >= 0.6 is 0 Å². The molecule has 1 aromatic heterocycles. The lowest BCUT2D eigenvalue weighted by Gasteiger charge is -2.39. The molecule has 0 spiro atoms. The van der Waals surface area contributed by atoms with Crippen LogP contribution in [0.4, 0.5) is 5.95 Å². The van der Waals surface area contributed by atoms with Gasteiger partial charge in [-0.25, -0.2) is 4.68 Å². The van der Waals surface area contributed by atoms with Crippen molar-refractivity contribution in [2.24, 2.45) is 0 Å². The van der Waals surface area contributed by atoms with E-state index in [1.807, 2.05) is 33.8 Å². The molecular formula is C24H28N4O2. The normalized spacial score (nSPS) is 18.2. The first-order chi connectivity index (χ1) is 14.6. The molecule has 2 aromatic carbocycles. The van der Waals surface area contributed by atoms with E-state index in [0.29, 0.717) is 12.4 Å². The van der Waals surface area contributed by atoms with Gasteiger partial charge in [-0.3, -0.25) is 9.69 Å². The van der Waals surface area contributed by atoms with Gasteiger partial charge in [0.2, 0.25) is 11.9 Å². The third-order valence-corrected chi connectivity index (χ3v) is 5.80. The van der Waals surface area contributed by atoms with Crippen LogP contribution in [0, 0.1) is 6.92 Å². The predicted octanol–water partition coefficient (Wildman–Crippen LogP) is 4.85. The number of aromatic nitrogens is 3. The molecule has 2 unspecified atom stereocenters. The molecule has 1 aliphatic rings. The van der Waals surface area contributed by atoms with Crippen molar-refractivity contribution in [2.45, 2.75) is 51.6 Å². The predicted molar refractivity (Wildman–Crippen MR) is 117 cm³/mol. The molecule has 4 rings (SSSR count). The highest BCUT2D eigenvalue weighted by Gasteiger charge is 2.39. The van der Waals surface area contributed by atoms with Gasteiger partial charge in [-0.15, -0.1) is 0 Å². The van der Waals surface area contributed by atoms with Crippen molar-refractivity contribution in [3.8, 4) is 5.75 Å². The summed E-state index contributed by atoms with van der Waals surface area (Å²) >= 11 is 0. The van der Waals surface area contributed by atoms with E-state index in [0.717, 1.165) is 30.6 Å². The molecule has 0 saturated heterocycles. The Labute approximate surface area is 177 Å². The molecular weight excluding hydrogens is 376 g/mol. The first-order valence-corrected chi connectivity index (χ1v) is 10.5. The molecule has 0 fully saturated rings. The van der Waals surface area contributed by atoms with E-state index in [1.165, 1.54) is 11.1 Å². The highest BCUT2D eigenvalue weighted by atomic mass is 16.5. The number of benzene rings is 2. The molecule has 2 heterocycles. The van der Waals surface area contributed by atoms with E-state index in [4.69, 9.17) is 4.74 Å². The van der Waals surface area contributed by atoms with Crippen LogP contribution in [0.3, 0.4) is 0 Å². The average Bonchev–Trinajstić information content (AvgIpc) is 3.27. The van der Waals surface area contributed by atoms with Crippen LogP contribution in [0.2, 0.25) is 0 Å². The zero-order valence-corrected chi connectivity index (χ0v) is 17.8. The molecule has 0 bridgehead atoms. The number of fused-ring (bicyclic) bond motifs is 1. The van der Waals surface area contributed by atoms with Gasteiger partial charge >= 0.3 is 0 Å². The molecule has 0 aliphatic carbocycles. The number of carbonyl (C=O) groups excluding carboxylic acids is 1. The van der Waals surface area contributed by atoms with Crippen LogP contribution in [0.5, 0.6) is 5.75 Å². The molecule has 2 atom stereocenters. The van der Waals surface area contributed by atoms with Gasteiger partial charge in [0.05, 0.1) is 19.2 Å². The quantitative estimate of drug-likeness (QED) is 0.589. The maximum Gasteiger partial charge on any atom is 0.231 e. The standard InChI is InChI=1S/C24H28N4O2/c1-4-5-6-23(29)27-21(18-11-13-20(30-3)14-12-18)15-22(28-24(27)25-16-26-28)19-9-7-17(2)8-10-19/h7-14,16,21-22H,4-6,15H2,1-3H3. The third-order valence-electron chi connectivity index (χ3n) is 5.80. The number of amides is 1. The van der Waals surface area contributed by atoms with Gasteiger partial charge in [-0.05, 0) is 43.0 Å². The second-order valence-corrected chi connectivity index (χ2v) is 7.82. The molecule has 6 nitrogen and oxygen atoms in total. The maximum absolute atomic E-state index is 13.2. The van der Waals surface area contributed by atoms with Gasteiger partial charge in [-0.2, -0.15) is 10.1 Å². The third kappa shape index (κ3) is 3.82. The number of hydrogen-bond acceptors (Lipinski definition) is 4. The molecule has 30 heavy (non-hydrogen) atoms. The first-order valence-electron chi connectivity index (χ1n) is 10.5. The summed E-state index contributed by atoms with van der Waals surface area (Å²) < 4.78 is 7.22. The van der Waals surface area contributed by atoms with E-state index < -0.39 is 0 Å². The van der Waals surface area contributed by atoms with Crippen molar-refractivity contribution >= 4 is 11.9 Å². The van der Waals surface area contributed by atoms with E-state index in [-0.39, 0.29) is 18.0 Å². The lowest BCUT2D eigenvalue weighted by Crippen LogP contribution is -2.42. The minimum atomic E-state index is -0.108. The number of ether oxygens (including phenoxy) is 1. The molecule has 1 amide bonds. The zero-order chi connectivity index (χ0) is 21.1. The van der Waals surface area contributed by atoms with E-state index in [2.05, 4.69) is 48.2 Å². The summed E-state index contributed by atoms with van der Waals surface area (Å²) in [6, 6.07) is 16.4. The summed E-state index contributed by atoms with van der Waals surface area (Å²) in [5.74, 6) is 1.51. The monoisotopic (exact) mass is 404 g/mol. The van der Waals surface area contributed by atoms with E-state index >= 15 is 0 Å². The Morgan fingerprint density at radius 2 is 1.73 bits per heavy atom. The summed E-state index contributed by atoms with van der Waals surface area (Å²) in [6.45, 7) is 4.18. The number of anilines is 1. The van der Waals surface area contributed by atoms with Crippen LogP contribution < -0.4 is 9.64 Å². The average molecular weight is 405 g/mol. The van der Waals surface area contributed by atoms with Gasteiger partial charge in [0, 0.05) is 6.42 Å². The molecule has 3 aromatic rings. The lowest BCUT2D eigenvalue weighted by atomic mass is 9.91. The van der Waals surface area contributed by atoms with Crippen LogP contribution in [0.15, 0.2) is 54.9 Å². The summed E-state index contributed by atoms with van der Waals surface area (Å²) in [5.41, 5.74) is 3.47. The Kier molecular flexibility index (Phi) is 5.84. The van der Waals surface area contributed by atoms with Crippen molar-refractivity contribution in [2.75, 3.05) is 12.0 Å². The van der Waals surface area contributed by atoms with Gasteiger partial charge in [0.25, 0.3) is 0 Å². The molecule has 6 heteroatoms. The topological polar surface area (TPSA) is 60.2 Å². The van der Waals surface area contributed by atoms with E-state index in [1.54, 1.807) is 13.4 Å². The van der Waals surface area contributed by atoms with Gasteiger partial charge in [0.15, 0.2) is 0 Å². The Morgan fingerprint density at radius 1 is 1.07 bits per heavy atom. The molecule has 0 saturated carbocycles. The minimum Gasteiger partial charge on any atom is -0.497 e. The number of carbonyl (C=O) groups is 1. The molecule has 156 valence electrons. The number of nitrogens with zero attached hydrogens (tertiary/aromatic N) is 4. The highest BCUT2D eigenvalue weighted by molar-refractivity contribution is 5.92.